The van der Waals surface area contributed by atoms with Gasteiger partial charge in [0.2, 0.25) is 0 Å². The minimum absolute atomic E-state index is 0.0990. The first kappa shape index (κ1) is 44.1. The van der Waals surface area contributed by atoms with Crippen molar-refractivity contribution in [1.29, 1.82) is 5.26 Å². The van der Waals surface area contributed by atoms with Crippen LogP contribution in [0.25, 0.3) is 0 Å². The fourth-order valence-corrected chi connectivity index (χ4v) is 12.6. The number of ether oxygens (including phenoxy) is 4. The molecule has 0 spiro atoms. The monoisotopic (exact) mass is 821 g/mol. The maximum atomic E-state index is 14.1. The van der Waals surface area contributed by atoms with Crippen molar-refractivity contribution in [3.05, 3.63) is 21.4 Å². The van der Waals surface area contributed by atoms with Gasteiger partial charge < -0.3 is 18.9 Å². The van der Waals surface area contributed by atoms with Crippen molar-refractivity contribution in [3.8, 4) is 17.6 Å². The average molecular weight is 822 g/mol. The molecule has 1 aromatic carbocycles. The van der Waals surface area contributed by atoms with E-state index in [1.165, 1.54) is 74.9 Å². The number of benzene rings is 1. The summed E-state index contributed by atoms with van der Waals surface area (Å²) in [6.45, 7) is 12.9. The molecular formula is C47H67NO7S2. The Kier molecular flexibility index (Phi) is 15.3. The molecule has 0 saturated heterocycles. The van der Waals surface area contributed by atoms with E-state index in [2.05, 4.69) is 40.7 Å². The molecule has 1 heterocycles. The number of esters is 3. The van der Waals surface area contributed by atoms with Crippen molar-refractivity contribution >= 4 is 41.4 Å². The van der Waals surface area contributed by atoms with Gasteiger partial charge in [0.05, 0.1) is 38.6 Å². The van der Waals surface area contributed by atoms with Crippen LogP contribution in [-0.4, -0.2) is 37.7 Å². The van der Waals surface area contributed by atoms with Crippen molar-refractivity contribution in [2.45, 2.75) is 172 Å². The van der Waals surface area contributed by atoms with Crippen LogP contribution in [0.2, 0.25) is 0 Å². The highest BCUT2D eigenvalue weighted by molar-refractivity contribution is 8.24. The zero-order valence-electron chi connectivity index (χ0n) is 35.6. The number of nitriles is 1. The zero-order chi connectivity index (χ0) is 40.9. The molecule has 0 amide bonds. The number of fused-ring (bicyclic) bond motifs is 1. The molecule has 4 fully saturated rings. The van der Waals surface area contributed by atoms with Gasteiger partial charge in [0.25, 0.3) is 0 Å². The molecular weight excluding hydrogens is 755 g/mol. The average Bonchev–Trinajstić information content (AvgIpc) is 3.64. The van der Waals surface area contributed by atoms with Gasteiger partial charge in [0, 0.05) is 19.1 Å². The summed E-state index contributed by atoms with van der Waals surface area (Å²) in [5, 5.41) is 10.3. The van der Waals surface area contributed by atoms with Crippen molar-refractivity contribution in [3.63, 3.8) is 0 Å². The Hall–Kier alpha value is -2.48. The van der Waals surface area contributed by atoms with Gasteiger partial charge >= 0.3 is 17.9 Å². The lowest BCUT2D eigenvalue weighted by atomic mass is 9.69. The molecule has 10 heteroatoms. The van der Waals surface area contributed by atoms with Gasteiger partial charge in [-0.1, -0.05) is 83.8 Å². The predicted molar refractivity (Wildman–Crippen MR) is 226 cm³/mol. The molecule has 1 atom stereocenters. The van der Waals surface area contributed by atoms with Crippen molar-refractivity contribution < 1.29 is 33.3 Å². The first-order valence-electron chi connectivity index (χ1n) is 22.1. The van der Waals surface area contributed by atoms with Gasteiger partial charge in [-0.15, -0.1) is 0 Å². The van der Waals surface area contributed by atoms with E-state index in [4.69, 9.17) is 18.9 Å². The van der Waals surface area contributed by atoms with E-state index in [1.807, 2.05) is 13.0 Å². The van der Waals surface area contributed by atoms with Crippen LogP contribution < -0.4 is 9.47 Å². The van der Waals surface area contributed by atoms with Gasteiger partial charge in [0.1, 0.15) is 17.6 Å². The van der Waals surface area contributed by atoms with E-state index in [0.717, 1.165) is 80.6 Å². The number of rotatable bonds is 11. The van der Waals surface area contributed by atoms with Crippen LogP contribution in [0.5, 0.6) is 11.5 Å². The summed E-state index contributed by atoms with van der Waals surface area (Å²) in [5.41, 5.74) is 0.148. The highest BCUT2D eigenvalue weighted by Gasteiger charge is 2.40. The number of nitrogens with zero attached hydrogens (tertiary/aromatic N) is 1. The fourth-order valence-electron chi connectivity index (χ4n) is 10.1. The van der Waals surface area contributed by atoms with E-state index in [1.54, 1.807) is 7.11 Å². The third-order valence-electron chi connectivity index (χ3n) is 14.1. The molecule has 0 bridgehead atoms. The van der Waals surface area contributed by atoms with Gasteiger partial charge in [-0.05, 0) is 131 Å². The summed E-state index contributed by atoms with van der Waals surface area (Å²) < 4.78 is 24.1. The maximum Gasteiger partial charge on any atom is 0.350 e. The number of hydrogen-bond donors (Lipinski definition) is 0. The largest absolute Gasteiger partial charge is 0.461 e. The second-order valence-electron chi connectivity index (χ2n) is 19.2. The first-order chi connectivity index (χ1) is 27.2. The lowest BCUT2D eigenvalue weighted by Gasteiger charge is -2.37. The molecule has 8 nitrogen and oxygen atoms in total. The Morgan fingerprint density at radius 3 is 1.65 bits per heavy atom. The summed E-state index contributed by atoms with van der Waals surface area (Å²) in [5.74, 6) is 3.79. The van der Waals surface area contributed by atoms with Gasteiger partial charge in [-0.3, -0.25) is 9.59 Å². The van der Waals surface area contributed by atoms with E-state index in [-0.39, 0.29) is 42.1 Å². The summed E-state index contributed by atoms with van der Waals surface area (Å²) in [7, 11) is 1.60. The second-order valence-corrected chi connectivity index (χ2v) is 21.5. The highest BCUT2D eigenvalue weighted by Crippen LogP contribution is 2.61. The summed E-state index contributed by atoms with van der Waals surface area (Å²) in [4.78, 5) is 42.6. The SMILES string of the molecule is COC(C)CCOC(=O)/C(C#N)=C1\Sc2c(OC(=O)C3CCC(C4CCC(C)CC4)CC3)cc(C(C)(C)C)c(OC(=O)C3CCC(C4CCC(C)CC4)CC3)c2S1. The topological polar surface area (TPSA) is 112 Å². The van der Waals surface area contributed by atoms with Crippen LogP contribution in [-0.2, 0) is 29.3 Å². The molecule has 57 heavy (non-hydrogen) atoms. The Morgan fingerprint density at radius 1 is 0.737 bits per heavy atom. The standard InChI is InChI=1S/C47H67NO7S2/c1-28-8-12-31(13-9-28)33-16-20-35(21-17-33)43(49)54-39-26-38(47(4,5)6)40(55-44(50)36-22-18-34(19-23-36)32-14-10-29(2)11-15-32)42-41(39)56-46(57-42)37(27-48)45(51)53-25-24-30(3)52-7/h26,28-36H,8-25H2,1-7H3/b46-37+. The number of hydrogen-bond acceptors (Lipinski definition) is 10. The zero-order valence-corrected chi connectivity index (χ0v) is 37.3. The number of carbonyl (C=O) groups excluding carboxylic acids is 3. The Morgan fingerprint density at radius 2 is 1.19 bits per heavy atom. The molecule has 4 aliphatic carbocycles. The maximum absolute atomic E-state index is 14.1. The van der Waals surface area contributed by atoms with E-state index in [9.17, 15) is 19.6 Å². The van der Waals surface area contributed by atoms with E-state index in [0.29, 0.717) is 43.8 Å². The molecule has 0 aromatic heterocycles. The van der Waals surface area contributed by atoms with Gasteiger partial charge in [0.15, 0.2) is 5.57 Å². The Bertz CT molecular complexity index is 1660. The number of carbonyl (C=O) groups is 3. The fraction of sp³-hybridized carbons (Fsp3) is 0.745. The van der Waals surface area contributed by atoms with E-state index < -0.39 is 11.4 Å². The minimum atomic E-state index is -0.717. The van der Waals surface area contributed by atoms with Crippen LogP contribution in [0, 0.1) is 58.7 Å². The summed E-state index contributed by atoms with van der Waals surface area (Å²) in [6.07, 6.45) is 18.3. The van der Waals surface area contributed by atoms with Crippen molar-refractivity contribution in [2.24, 2.45) is 47.3 Å². The normalized spacial score (nSPS) is 30.7. The van der Waals surface area contributed by atoms with Gasteiger partial charge in [-0.25, -0.2) is 4.79 Å². The third kappa shape index (κ3) is 11.0. The molecule has 1 aromatic rings. The quantitative estimate of drug-likeness (QED) is 0.0925. The van der Waals surface area contributed by atoms with Crippen LogP contribution in [0.4, 0.5) is 0 Å². The molecule has 314 valence electrons. The van der Waals surface area contributed by atoms with Crippen LogP contribution in [0.3, 0.4) is 0 Å². The van der Waals surface area contributed by atoms with E-state index >= 15 is 0 Å². The lowest BCUT2D eigenvalue weighted by Crippen LogP contribution is -2.30. The molecule has 6 rings (SSSR count). The Labute approximate surface area is 350 Å². The minimum Gasteiger partial charge on any atom is -0.461 e. The highest BCUT2D eigenvalue weighted by atomic mass is 32.2. The first-order valence-corrected chi connectivity index (χ1v) is 23.7. The third-order valence-corrected chi connectivity index (χ3v) is 16.7. The number of thioether (sulfide) groups is 2. The molecule has 1 aliphatic heterocycles. The van der Waals surface area contributed by atoms with Gasteiger partial charge in [-0.2, -0.15) is 5.26 Å². The number of methoxy groups -OCH3 is 1. The molecule has 5 aliphatic rings. The molecule has 0 radical (unpaired) electrons. The second kappa shape index (κ2) is 19.7. The summed E-state index contributed by atoms with van der Waals surface area (Å²) >= 11 is 2.44. The van der Waals surface area contributed by atoms with Crippen molar-refractivity contribution in [1.82, 2.24) is 0 Å². The summed E-state index contributed by atoms with van der Waals surface area (Å²) in [6, 6.07) is 3.95. The molecule has 0 N–H and O–H groups in total. The lowest BCUT2D eigenvalue weighted by molar-refractivity contribution is -0.142. The Balaban J connectivity index is 1.24. The van der Waals surface area contributed by atoms with Crippen LogP contribution >= 0.6 is 23.5 Å². The van der Waals surface area contributed by atoms with Crippen LogP contribution in [0.15, 0.2) is 25.7 Å². The van der Waals surface area contributed by atoms with Crippen LogP contribution in [0.1, 0.15) is 156 Å². The predicted octanol–water partition coefficient (Wildman–Crippen LogP) is 12.0. The molecule has 4 saturated carbocycles. The molecule has 1 unspecified atom stereocenters. The smallest absolute Gasteiger partial charge is 0.350 e. The van der Waals surface area contributed by atoms with Crippen molar-refractivity contribution in [2.75, 3.05) is 13.7 Å².